The molecule has 27 heavy (non-hydrogen) atoms. The molecule has 0 radical (unpaired) electrons. The molecule has 0 aliphatic carbocycles. The van der Waals surface area contributed by atoms with Crippen molar-refractivity contribution in [2.24, 2.45) is 0 Å². The van der Waals surface area contributed by atoms with E-state index >= 15 is 0 Å². The van der Waals surface area contributed by atoms with E-state index in [1.165, 1.54) is 0 Å². The average Bonchev–Trinajstić information content (AvgIpc) is 2.68. The standard InChI is InChI=1S/C22H19NO3S/c1-2-26-21-13-14-22(20-10-6-5-9-19(20)21)27(24,25)23-18-12-11-16-7-3-4-8-17(16)15-18/h3-15,23H,2H2,1H3. The Balaban J connectivity index is 1.78. The van der Waals surface area contributed by atoms with Crippen molar-refractivity contribution in [3.8, 4) is 5.75 Å². The zero-order valence-corrected chi connectivity index (χ0v) is 15.7. The third kappa shape index (κ3) is 3.34. The normalized spacial score (nSPS) is 11.6. The highest BCUT2D eigenvalue weighted by Crippen LogP contribution is 2.32. The van der Waals surface area contributed by atoms with Gasteiger partial charge in [-0.25, -0.2) is 8.42 Å². The average molecular weight is 377 g/mol. The fourth-order valence-corrected chi connectivity index (χ4v) is 4.48. The molecule has 0 saturated carbocycles. The highest BCUT2D eigenvalue weighted by Gasteiger charge is 2.19. The van der Waals surface area contributed by atoms with Gasteiger partial charge in [-0.2, -0.15) is 0 Å². The lowest BCUT2D eigenvalue weighted by Gasteiger charge is -2.14. The van der Waals surface area contributed by atoms with Gasteiger partial charge in [0.25, 0.3) is 10.0 Å². The van der Waals surface area contributed by atoms with Gasteiger partial charge in [0.15, 0.2) is 0 Å². The number of anilines is 1. The zero-order chi connectivity index (χ0) is 18.9. The van der Waals surface area contributed by atoms with E-state index in [-0.39, 0.29) is 4.90 Å². The van der Waals surface area contributed by atoms with Crippen LogP contribution in [0.4, 0.5) is 5.69 Å². The Morgan fingerprint density at radius 3 is 2.30 bits per heavy atom. The van der Waals surface area contributed by atoms with Crippen LogP contribution in [0.5, 0.6) is 5.75 Å². The number of hydrogen-bond acceptors (Lipinski definition) is 3. The van der Waals surface area contributed by atoms with Crippen molar-refractivity contribution >= 4 is 37.3 Å². The first-order valence-electron chi connectivity index (χ1n) is 8.74. The van der Waals surface area contributed by atoms with Crippen LogP contribution < -0.4 is 9.46 Å². The molecular formula is C22H19NO3S. The Morgan fingerprint density at radius 2 is 1.52 bits per heavy atom. The number of ether oxygens (including phenoxy) is 1. The maximum absolute atomic E-state index is 13.1. The van der Waals surface area contributed by atoms with E-state index in [0.717, 1.165) is 16.2 Å². The van der Waals surface area contributed by atoms with Crippen LogP contribution in [0.1, 0.15) is 6.92 Å². The maximum atomic E-state index is 13.1. The molecule has 4 rings (SSSR count). The fraction of sp³-hybridized carbons (Fsp3) is 0.0909. The van der Waals surface area contributed by atoms with E-state index in [9.17, 15) is 8.42 Å². The molecule has 0 amide bonds. The molecule has 136 valence electrons. The van der Waals surface area contributed by atoms with Crippen LogP contribution in [0.25, 0.3) is 21.5 Å². The predicted molar refractivity (Wildman–Crippen MR) is 110 cm³/mol. The van der Waals surface area contributed by atoms with Crippen molar-refractivity contribution in [3.63, 3.8) is 0 Å². The third-order valence-corrected chi connectivity index (χ3v) is 5.87. The summed E-state index contributed by atoms with van der Waals surface area (Å²) < 4.78 is 34.5. The third-order valence-electron chi connectivity index (χ3n) is 4.44. The minimum absolute atomic E-state index is 0.231. The SMILES string of the molecule is CCOc1ccc(S(=O)(=O)Nc2ccc3ccccc3c2)c2ccccc12. The largest absolute Gasteiger partial charge is 0.493 e. The number of hydrogen-bond donors (Lipinski definition) is 1. The van der Waals surface area contributed by atoms with E-state index < -0.39 is 10.0 Å². The second kappa shape index (κ2) is 6.93. The summed E-state index contributed by atoms with van der Waals surface area (Å²) in [5, 5.41) is 3.46. The molecule has 4 aromatic rings. The first kappa shape index (κ1) is 17.4. The number of sulfonamides is 1. The van der Waals surface area contributed by atoms with Crippen molar-refractivity contribution in [2.75, 3.05) is 11.3 Å². The Labute approximate surface area is 158 Å². The molecule has 0 unspecified atom stereocenters. The molecule has 4 nitrogen and oxygen atoms in total. The van der Waals surface area contributed by atoms with Gasteiger partial charge < -0.3 is 4.74 Å². The van der Waals surface area contributed by atoms with Gasteiger partial charge >= 0.3 is 0 Å². The van der Waals surface area contributed by atoms with Crippen LogP contribution in [0.15, 0.2) is 83.8 Å². The molecule has 0 atom stereocenters. The Bertz CT molecular complexity index is 1230. The first-order chi connectivity index (χ1) is 13.1. The minimum Gasteiger partial charge on any atom is -0.493 e. The summed E-state index contributed by atoms with van der Waals surface area (Å²) in [5.41, 5.74) is 0.534. The van der Waals surface area contributed by atoms with Crippen molar-refractivity contribution in [2.45, 2.75) is 11.8 Å². The molecule has 0 spiro atoms. The molecule has 4 aromatic carbocycles. The van der Waals surface area contributed by atoms with Crippen molar-refractivity contribution in [1.82, 2.24) is 0 Å². The maximum Gasteiger partial charge on any atom is 0.262 e. The molecule has 1 N–H and O–H groups in total. The summed E-state index contributed by atoms with van der Waals surface area (Å²) in [6, 6.07) is 24.0. The van der Waals surface area contributed by atoms with Crippen LogP contribution in [0.3, 0.4) is 0 Å². The number of benzene rings is 4. The number of fused-ring (bicyclic) bond motifs is 2. The molecule has 0 aliphatic heterocycles. The van der Waals surface area contributed by atoms with Gasteiger partial charge in [0.05, 0.1) is 11.5 Å². The first-order valence-corrected chi connectivity index (χ1v) is 10.2. The van der Waals surface area contributed by atoms with Gasteiger partial charge in [0.1, 0.15) is 5.75 Å². The predicted octanol–water partition coefficient (Wildman–Crippen LogP) is 5.19. The van der Waals surface area contributed by atoms with Gasteiger partial charge in [0, 0.05) is 16.5 Å². The van der Waals surface area contributed by atoms with Crippen LogP contribution in [-0.4, -0.2) is 15.0 Å². The van der Waals surface area contributed by atoms with Gasteiger partial charge in [0.2, 0.25) is 0 Å². The van der Waals surface area contributed by atoms with Crippen LogP contribution in [0.2, 0.25) is 0 Å². The monoisotopic (exact) mass is 377 g/mol. The highest BCUT2D eigenvalue weighted by molar-refractivity contribution is 7.93. The number of nitrogens with one attached hydrogen (secondary N) is 1. The lowest BCUT2D eigenvalue weighted by molar-refractivity contribution is 0.344. The molecule has 0 heterocycles. The summed E-state index contributed by atoms with van der Waals surface area (Å²) in [4.78, 5) is 0.231. The summed E-state index contributed by atoms with van der Waals surface area (Å²) >= 11 is 0. The van der Waals surface area contributed by atoms with E-state index in [1.807, 2.05) is 61.5 Å². The van der Waals surface area contributed by atoms with Crippen molar-refractivity contribution in [3.05, 3.63) is 78.9 Å². The zero-order valence-electron chi connectivity index (χ0n) is 14.8. The Kier molecular flexibility index (Phi) is 4.46. The topological polar surface area (TPSA) is 55.4 Å². The minimum atomic E-state index is -3.75. The fourth-order valence-electron chi connectivity index (χ4n) is 3.22. The van der Waals surface area contributed by atoms with E-state index in [2.05, 4.69) is 4.72 Å². The van der Waals surface area contributed by atoms with Gasteiger partial charge in [-0.15, -0.1) is 0 Å². The molecule has 0 saturated heterocycles. The van der Waals surface area contributed by atoms with Crippen LogP contribution in [0, 0.1) is 0 Å². The lowest BCUT2D eigenvalue weighted by Crippen LogP contribution is -2.13. The van der Waals surface area contributed by atoms with Gasteiger partial charge in [-0.05, 0) is 42.0 Å². The summed E-state index contributed by atoms with van der Waals surface area (Å²) in [6.07, 6.45) is 0. The Morgan fingerprint density at radius 1 is 0.815 bits per heavy atom. The van der Waals surface area contributed by atoms with E-state index in [0.29, 0.717) is 23.4 Å². The van der Waals surface area contributed by atoms with Gasteiger partial charge in [-0.1, -0.05) is 54.6 Å². The lowest BCUT2D eigenvalue weighted by atomic mass is 10.1. The van der Waals surface area contributed by atoms with E-state index in [4.69, 9.17) is 4.74 Å². The molecule has 5 heteroatoms. The number of rotatable bonds is 5. The van der Waals surface area contributed by atoms with Crippen molar-refractivity contribution in [1.29, 1.82) is 0 Å². The second-order valence-electron chi connectivity index (χ2n) is 6.21. The smallest absolute Gasteiger partial charge is 0.262 e. The summed E-state index contributed by atoms with van der Waals surface area (Å²) in [6.45, 7) is 2.42. The molecule has 0 bridgehead atoms. The quantitative estimate of drug-likeness (QED) is 0.520. The van der Waals surface area contributed by atoms with Gasteiger partial charge in [-0.3, -0.25) is 4.72 Å². The molecule has 0 fully saturated rings. The van der Waals surface area contributed by atoms with Crippen molar-refractivity contribution < 1.29 is 13.2 Å². The summed E-state index contributed by atoms with van der Waals surface area (Å²) in [5.74, 6) is 0.678. The molecule has 0 aromatic heterocycles. The molecular weight excluding hydrogens is 358 g/mol. The van der Waals surface area contributed by atoms with E-state index in [1.54, 1.807) is 24.3 Å². The summed E-state index contributed by atoms with van der Waals surface area (Å²) in [7, 11) is -3.75. The van der Waals surface area contributed by atoms with Crippen LogP contribution >= 0.6 is 0 Å². The highest BCUT2D eigenvalue weighted by atomic mass is 32.2. The second-order valence-corrected chi connectivity index (χ2v) is 7.86. The van der Waals surface area contributed by atoms with Crippen LogP contribution in [-0.2, 0) is 10.0 Å². The molecule has 0 aliphatic rings. The Hall–Kier alpha value is -3.05.